The number of rotatable bonds is 4. The maximum atomic E-state index is 11.9. The molecule has 3 rings (SSSR count). The Balaban J connectivity index is 1.55. The minimum absolute atomic E-state index is 0.242. The molecular weight excluding hydrogens is 350 g/mol. The lowest BCUT2D eigenvalue weighted by molar-refractivity contribution is -0.136. The molecule has 0 saturated heterocycles. The summed E-state index contributed by atoms with van der Waals surface area (Å²) in [4.78, 5) is 23.7. The molecule has 130 valence electrons. The maximum absolute atomic E-state index is 11.9. The number of nitrogens with one attached hydrogen (secondary N) is 2. The van der Waals surface area contributed by atoms with Gasteiger partial charge in [0, 0.05) is 5.56 Å². The van der Waals surface area contributed by atoms with Crippen LogP contribution in [0.5, 0.6) is 0 Å². The molecule has 0 saturated carbocycles. The Bertz CT molecular complexity index is 936. The zero-order valence-electron chi connectivity index (χ0n) is 13.8. The number of carbonyl (C=O) groups excluding carboxylic acids is 2. The highest BCUT2D eigenvalue weighted by Crippen LogP contribution is 2.25. The molecule has 0 aliphatic rings. The summed E-state index contributed by atoms with van der Waals surface area (Å²) in [5, 5.41) is 14.9. The van der Waals surface area contributed by atoms with Gasteiger partial charge in [0.1, 0.15) is 5.01 Å². The fourth-order valence-electron chi connectivity index (χ4n) is 1.99. The monoisotopic (exact) mass is 365 g/mol. The summed E-state index contributed by atoms with van der Waals surface area (Å²) in [5.41, 5.74) is 5.00. The highest BCUT2D eigenvalue weighted by Gasteiger charge is 2.16. The topological polar surface area (TPSA) is 96.3 Å². The molecule has 1 aromatic heterocycles. The number of nitrogens with zero attached hydrogens (tertiary/aromatic N) is 3. The van der Waals surface area contributed by atoms with Crippen LogP contribution in [0.1, 0.15) is 11.1 Å². The zero-order chi connectivity index (χ0) is 18.4. The Morgan fingerprint density at radius 3 is 2.46 bits per heavy atom. The summed E-state index contributed by atoms with van der Waals surface area (Å²) >= 11 is 1.18. The van der Waals surface area contributed by atoms with E-state index in [1.807, 2.05) is 61.5 Å². The second kappa shape index (κ2) is 8.13. The van der Waals surface area contributed by atoms with Gasteiger partial charge in [-0.3, -0.25) is 14.9 Å². The van der Waals surface area contributed by atoms with E-state index < -0.39 is 11.8 Å². The van der Waals surface area contributed by atoms with E-state index in [-0.39, 0.29) is 5.13 Å². The SMILES string of the molecule is Cc1ccc(/C=N/NC(=O)C(=O)Nc2nnc(-c3ccccc3)s2)cc1. The number of aromatic nitrogens is 2. The highest BCUT2D eigenvalue weighted by molar-refractivity contribution is 7.18. The molecular formula is C18H15N5O2S. The molecule has 0 fully saturated rings. The zero-order valence-corrected chi connectivity index (χ0v) is 14.7. The van der Waals surface area contributed by atoms with Crippen molar-refractivity contribution in [2.45, 2.75) is 6.92 Å². The van der Waals surface area contributed by atoms with Crippen LogP contribution < -0.4 is 10.7 Å². The lowest BCUT2D eigenvalue weighted by Crippen LogP contribution is -2.32. The molecule has 0 radical (unpaired) electrons. The van der Waals surface area contributed by atoms with Gasteiger partial charge >= 0.3 is 11.8 Å². The first-order valence-electron chi connectivity index (χ1n) is 7.72. The second-order valence-corrected chi connectivity index (χ2v) is 6.32. The average molecular weight is 365 g/mol. The van der Waals surface area contributed by atoms with Crippen molar-refractivity contribution < 1.29 is 9.59 Å². The van der Waals surface area contributed by atoms with Crippen LogP contribution in [-0.4, -0.2) is 28.2 Å². The number of aryl methyl sites for hydroxylation is 1. The Morgan fingerprint density at radius 2 is 1.73 bits per heavy atom. The second-order valence-electron chi connectivity index (χ2n) is 5.34. The number of hydrogen-bond acceptors (Lipinski definition) is 6. The Hall–Kier alpha value is -3.39. The van der Waals surface area contributed by atoms with Crippen molar-refractivity contribution in [3.8, 4) is 10.6 Å². The molecule has 0 aliphatic heterocycles. The van der Waals surface area contributed by atoms with E-state index in [1.54, 1.807) is 0 Å². The van der Waals surface area contributed by atoms with E-state index in [2.05, 4.69) is 26.0 Å². The van der Waals surface area contributed by atoms with Crippen LogP contribution in [0, 0.1) is 6.92 Å². The third-order valence-electron chi connectivity index (χ3n) is 3.33. The molecule has 1 heterocycles. The van der Waals surface area contributed by atoms with Crippen LogP contribution in [-0.2, 0) is 9.59 Å². The van der Waals surface area contributed by atoms with Gasteiger partial charge in [0.25, 0.3) is 0 Å². The summed E-state index contributed by atoms with van der Waals surface area (Å²) in [6.07, 6.45) is 1.46. The standard InChI is InChI=1S/C18H15N5O2S/c1-12-7-9-13(10-8-12)11-19-21-16(25)15(24)20-18-23-22-17(26-18)14-5-3-2-4-6-14/h2-11H,1H3,(H,21,25)(H,20,23,24)/b19-11+. The van der Waals surface area contributed by atoms with E-state index in [1.165, 1.54) is 17.6 Å². The first-order chi connectivity index (χ1) is 12.6. The smallest absolute Gasteiger partial charge is 0.292 e. The van der Waals surface area contributed by atoms with E-state index in [9.17, 15) is 9.59 Å². The fraction of sp³-hybridized carbons (Fsp3) is 0.0556. The Morgan fingerprint density at radius 1 is 1.00 bits per heavy atom. The van der Waals surface area contributed by atoms with Crippen LogP contribution >= 0.6 is 11.3 Å². The minimum Gasteiger partial charge on any atom is -0.292 e. The van der Waals surface area contributed by atoms with E-state index in [4.69, 9.17) is 0 Å². The van der Waals surface area contributed by atoms with Gasteiger partial charge in [-0.2, -0.15) is 5.10 Å². The molecule has 8 heteroatoms. The number of hydrogen-bond donors (Lipinski definition) is 2. The van der Waals surface area contributed by atoms with Gasteiger partial charge in [-0.15, -0.1) is 10.2 Å². The fourth-order valence-corrected chi connectivity index (χ4v) is 2.74. The summed E-state index contributed by atoms with van der Waals surface area (Å²) in [7, 11) is 0. The number of anilines is 1. The van der Waals surface area contributed by atoms with Gasteiger partial charge in [0.05, 0.1) is 6.21 Å². The summed E-state index contributed by atoms with van der Waals surface area (Å²) in [6, 6.07) is 17.0. The maximum Gasteiger partial charge on any atom is 0.329 e. The molecule has 0 unspecified atom stereocenters. The minimum atomic E-state index is -0.884. The van der Waals surface area contributed by atoms with Crippen molar-refractivity contribution in [3.05, 3.63) is 65.7 Å². The van der Waals surface area contributed by atoms with Crippen molar-refractivity contribution in [2.75, 3.05) is 5.32 Å². The van der Waals surface area contributed by atoms with Crippen LogP contribution in [0.2, 0.25) is 0 Å². The van der Waals surface area contributed by atoms with Crippen molar-refractivity contribution in [1.29, 1.82) is 0 Å². The molecule has 2 N–H and O–H groups in total. The van der Waals surface area contributed by atoms with Crippen LogP contribution in [0.25, 0.3) is 10.6 Å². The molecule has 0 atom stereocenters. The van der Waals surface area contributed by atoms with Gasteiger partial charge in [0.2, 0.25) is 5.13 Å². The molecule has 3 aromatic rings. The molecule has 2 amide bonds. The third kappa shape index (κ3) is 4.58. The van der Waals surface area contributed by atoms with Crippen LogP contribution in [0.4, 0.5) is 5.13 Å². The summed E-state index contributed by atoms with van der Waals surface area (Å²) < 4.78 is 0. The summed E-state index contributed by atoms with van der Waals surface area (Å²) in [5.74, 6) is -1.74. The van der Waals surface area contributed by atoms with Gasteiger partial charge in [-0.25, -0.2) is 5.43 Å². The van der Waals surface area contributed by atoms with Gasteiger partial charge < -0.3 is 0 Å². The molecule has 0 bridgehead atoms. The molecule has 0 aliphatic carbocycles. The third-order valence-corrected chi connectivity index (χ3v) is 4.22. The molecule has 2 aromatic carbocycles. The van der Waals surface area contributed by atoms with Crippen molar-refractivity contribution in [2.24, 2.45) is 5.10 Å². The van der Waals surface area contributed by atoms with E-state index in [0.717, 1.165) is 16.7 Å². The normalized spacial score (nSPS) is 10.7. The van der Waals surface area contributed by atoms with Crippen LogP contribution in [0.3, 0.4) is 0 Å². The molecule has 7 nitrogen and oxygen atoms in total. The predicted octanol–water partition coefficient (Wildman–Crippen LogP) is 2.60. The van der Waals surface area contributed by atoms with Gasteiger partial charge in [-0.05, 0) is 12.5 Å². The quantitative estimate of drug-likeness (QED) is 0.422. The summed E-state index contributed by atoms with van der Waals surface area (Å²) in [6.45, 7) is 1.98. The molecule has 26 heavy (non-hydrogen) atoms. The largest absolute Gasteiger partial charge is 0.329 e. The van der Waals surface area contributed by atoms with E-state index >= 15 is 0 Å². The first-order valence-corrected chi connectivity index (χ1v) is 8.53. The number of amides is 2. The number of hydrazone groups is 1. The van der Waals surface area contributed by atoms with Crippen molar-refractivity contribution >= 4 is 34.5 Å². The van der Waals surface area contributed by atoms with Gasteiger partial charge in [-0.1, -0.05) is 71.5 Å². The number of benzene rings is 2. The Kier molecular flexibility index (Phi) is 5.45. The van der Waals surface area contributed by atoms with Crippen molar-refractivity contribution in [3.63, 3.8) is 0 Å². The van der Waals surface area contributed by atoms with Crippen molar-refractivity contribution in [1.82, 2.24) is 15.6 Å². The Labute approximate surface area is 153 Å². The lowest BCUT2D eigenvalue weighted by Gasteiger charge is -1.99. The average Bonchev–Trinajstić information content (AvgIpc) is 3.12. The van der Waals surface area contributed by atoms with Gasteiger partial charge in [0.15, 0.2) is 0 Å². The lowest BCUT2D eigenvalue weighted by atomic mass is 10.2. The predicted molar refractivity (Wildman–Crippen MR) is 101 cm³/mol. The highest BCUT2D eigenvalue weighted by atomic mass is 32.1. The first kappa shape index (κ1) is 17.4. The van der Waals surface area contributed by atoms with E-state index in [0.29, 0.717) is 5.01 Å². The number of carbonyl (C=O) groups is 2. The van der Waals surface area contributed by atoms with Crippen LogP contribution in [0.15, 0.2) is 59.7 Å². The molecule has 0 spiro atoms.